The predicted molar refractivity (Wildman–Crippen MR) is 108 cm³/mol. The summed E-state index contributed by atoms with van der Waals surface area (Å²) >= 11 is 3.45. The Balaban J connectivity index is 0.000000318. The van der Waals surface area contributed by atoms with Crippen molar-refractivity contribution in [3.8, 4) is 0 Å². The van der Waals surface area contributed by atoms with Gasteiger partial charge in [-0.15, -0.1) is 11.3 Å². The van der Waals surface area contributed by atoms with E-state index in [2.05, 4.69) is 22.4 Å². The van der Waals surface area contributed by atoms with Gasteiger partial charge in [0.05, 0.1) is 17.8 Å². The van der Waals surface area contributed by atoms with Crippen LogP contribution in [0, 0.1) is 0 Å². The predicted octanol–water partition coefficient (Wildman–Crippen LogP) is 3.84. The molecule has 0 unspecified atom stereocenters. The Bertz CT molecular complexity index is 833. The summed E-state index contributed by atoms with van der Waals surface area (Å²) in [5.74, 6) is -2.68. The van der Waals surface area contributed by atoms with Crippen LogP contribution in [0.3, 0.4) is 0 Å². The van der Waals surface area contributed by atoms with E-state index in [9.17, 15) is 18.0 Å². The summed E-state index contributed by atoms with van der Waals surface area (Å²) in [6.07, 6.45) is -3.10. The number of carbonyl (C=O) groups is 2. The minimum absolute atomic E-state index is 0.0787. The number of carboxylic acids is 1. The molecular weight excluding hydrogens is 441 g/mol. The molecule has 6 nitrogen and oxygen atoms in total. The first kappa shape index (κ1) is 22.7. The van der Waals surface area contributed by atoms with Crippen LogP contribution >= 0.6 is 22.7 Å². The second kappa shape index (κ2) is 9.46. The van der Waals surface area contributed by atoms with Gasteiger partial charge in [-0.2, -0.15) is 24.5 Å². The smallest absolute Gasteiger partial charge is 0.475 e. The van der Waals surface area contributed by atoms with Gasteiger partial charge in [0.15, 0.2) is 0 Å². The highest BCUT2D eigenvalue weighted by molar-refractivity contribution is 7.09. The van der Waals surface area contributed by atoms with Crippen molar-refractivity contribution < 1.29 is 32.6 Å². The first-order valence-corrected chi connectivity index (χ1v) is 11.0. The Hall–Kier alpha value is -1.95. The zero-order valence-corrected chi connectivity index (χ0v) is 17.6. The van der Waals surface area contributed by atoms with Gasteiger partial charge >= 0.3 is 12.1 Å². The van der Waals surface area contributed by atoms with E-state index < -0.39 is 12.1 Å². The first-order valence-electron chi connectivity index (χ1n) is 9.20. The number of carbonyl (C=O) groups excluding carboxylic acids is 1. The molecule has 1 N–H and O–H groups in total. The molecule has 2 aromatic heterocycles. The molecule has 164 valence electrons. The number of thiophene rings is 2. The second-order valence-corrected chi connectivity index (χ2v) is 8.90. The van der Waals surface area contributed by atoms with Crippen LogP contribution in [0.2, 0.25) is 0 Å². The molecular formula is C19H21F3N2O4S2. The minimum Gasteiger partial charge on any atom is -0.475 e. The summed E-state index contributed by atoms with van der Waals surface area (Å²) in [6, 6.07) is 6.33. The first-order chi connectivity index (χ1) is 14.2. The molecule has 0 aliphatic carbocycles. The molecule has 11 heteroatoms. The van der Waals surface area contributed by atoms with Crippen molar-refractivity contribution in [1.82, 2.24) is 4.90 Å². The third-order valence-corrected chi connectivity index (χ3v) is 6.57. The number of nitrogens with zero attached hydrogens (tertiary/aromatic N) is 2. The topological polar surface area (TPSA) is 70.1 Å². The van der Waals surface area contributed by atoms with E-state index in [1.165, 1.54) is 4.88 Å². The average molecular weight is 463 g/mol. The molecule has 2 aromatic rings. The molecule has 2 aliphatic heterocycles. The van der Waals surface area contributed by atoms with Crippen LogP contribution in [-0.2, 0) is 20.9 Å². The summed E-state index contributed by atoms with van der Waals surface area (Å²) in [4.78, 5) is 26.9. The van der Waals surface area contributed by atoms with Crippen LogP contribution in [0.5, 0.6) is 0 Å². The van der Waals surface area contributed by atoms with E-state index in [4.69, 9.17) is 14.6 Å². The van der Waals surface area contributed by atoms with E-state index in [1.807, 2.05) is 33.1 Å². The molecule has 2 fully saturated rings. The number of rotatable bonds is 3. The van der Waals surface area contributed by atoms with Crippen LogP contribution < -0.4 is 4.90 Å². The molecule has 0 aromatic carbocycles. The molecule has 30 heavy (non-hydrogen) atoms. The number of hydrogen-bond donors (Lipinski definition) is 1. The van der Waals surface area contributed by atoms with E-state index in [-0.39, 0.29) is 18.1 Å². The molecule has 4 rings (SSSR count). The number of halogens is 3. The SMILES string of the molecule is O=C(O)C(F)(F)F.O=C1COC2(CCN(Cc3cccs3)CC2)CN1c1ccsc1. The Morgan fingerprint density at radius 3 is 2.47 bits per heavy atom. The van der Waals surface area contributed by atoms with Gasteiger partial charge in [-0.05, 0) is 35.7 Å². The molecule has 0 saturated carbocycles. The quantitative estimate of drug-likeness (QED) is 0.751. The third-order valence-electron chi connectivity index (χ3n) is 5.04. The zero-order chi connectivity index (χ0) is 21.8. The van der Waals surface area contributed by atoms with Gasteiger partial charge in [0.1, 0.15) is 6.61 Å². The van der Waals surface area contributed by atoms with Gasteiger partial charge in [0, 0.05) is 29.9 Å². The van der Waals surface area contributed by atoms with Gasteiger partial charge in [-0.3, -0.25) is 9.69 Å². The minimum atomic E-state index is -5.08. The van der Waals surface area contributed by atoms with Crippen LogP contribution in [0.25, 0.3) is 0 Å². The summed E-state index contributed by atoms with van der Waals surface area (Å²) in [6.45, 7) is 3.99. The second-order valence-electron chi connectivity index (χ2n) is 7.09. The Morgan fingerprint density at radius 1 is 1.23 bits per heavy atom. The fraction of sp³-hybridized carbons (Fsp3) is 0.474. The van der Waals surface area contributed by atoms with E-state index >= 15 is 0 Å². The average Bonchev–Trinajstić information content (AvgIpc) is 3.40. The lowest BCUT2D eigenvalue weighted by atomic mass is 9.89. The number of aliphatic carboxylic acids is 1. The molecule has 1 spiro atoms. The van der Waals surface area contributed by atoms with Crippen molar-refractivity contribution >= 4 is 40.2 Å². The highest BCUT2D eigenvalue weighted by Gasteiger charge is 2.42. The molecule has 1 amide bonds. The molecule has 0 radical (unpaired) electrons. The normalized spacial score (nSPS) is 19.4. The van der Waals surface area contributed by atoms with Gasteiger partial charge in [0.25, 0.3) is 5.91 Å². The maximum absolute atomic E-state index is 12.2. The lowest BCUT2D eigenvalue weighted by Gasteiger charge is -2.46. The van der Waals surface area contributed by atoms with E-state index in [0.717, 1.165) is 38.2 Å². The van der Waals surface area contributed by atoms with Crippen LogP contribution in [0.4, 0.5) is 18.9 Å². The standard InChI is InChI=1S/C17H20N2O2S2.C2HF3O2/c20-16-11-21-17(13-19(16)14-3-9-22-12-14)4-6-18(7-5-17)10-15-2-1-8-23-15;3-2(4,5)1(6)7/h1-3,8-9,12H,4-7,10-11,13H2;(H,6,7). The Morgan fingerprint density at radius 2 is 1.93 bits per heavy atom. The number of morpholine rings is 1. The van der Waals surface area contributed by atoms with Crippen molar-refractivity contribution in [1.29, 1.82) is 0 Å². The van der Waals surface area contributed by atoms with Crippen LogP contribution in [0.15, 0.2) is 34.3 Å². The van der Waals surface area contributed by atoms with Crippen molar-refractivity contribution in [3.63, 3.8) is 0 Å². The Labute approximate surface area is 179 Å². The number of ether oxygens (including phenoxy) is 1. The summed E-state index contributed by atoms with van der Waals surface area (Å²) < 4.78 is 37.8. The third kappa shape index (κ3) is 5.81. The number of carboxylic acid groups (broad SMARTS) is 1. The number of amides is 1. The maximum atomic E-state index is 12.2. The highest BCUT2D eigenvalue weighted by atomic mass is 32.1. The summed E-state index contributed by atoms with van der Waals surface area (Å²) in [5, 5.41) is 13.3. The largest absolute Gasteiger partial charge is 0.490 e. The number of anilines is 1. The monoisotopic (exact) mass is 462 g/mol. The zero-order valence-electron chi connectivity index (χ0n) is 15.9. The molecule has 0 bridgehead atoms. The van der Waals surface area contributed by atoms with Gasteiger partial charge in [0.2, 0.25) is 0 Å². The molecule has 2 saturated heterocycles. The van der Waals surface area contributed by atoms with Crippen molar-refractivity contribution in [2.75, 3.05) is 31.1 Å². The van der Waals surface area contributed by atoms with Gasteiger partial charge in [-0.25, -0.2) is 4.79 Å². The number of alkyl halides is 3. The van der Waals surface area contributed by atoms with E-state index in [0.29, 0.717) is 6.54 Å². The van der Waals surface area contributed by atoms with Crippen molar-refractivity contribution in [3.05, 3.63) is 39.2 Å². The fourth-order valence-corrected chi connectivity index (χ4v) is 4.79. The highest BCUT2D eigenvalue weighted by Crippen LogP contribution is 2.34. The van der Waals surface area contributed by atoms with Gasteiger partial charge < -0.3 is 14.7 Å². The molecule has 0 atom stereocenters. The summed E-state index contributed by atoms with van der Waals surface area (Å²) in [7, 11) is 0. The van der Waals surface area contributed by atoms with Crippen molar-refractivity contribution in [2.24, 2.45) is 0 Å². The Kier molecular flexibility index (Phi) is 7.17. The van der Waals surface area contributed by atoms with Gasteiger partial charge in [-0.1, -0.05) is 6.07 Å². The lowest BCUT2D eigenvalue weighted by Crippen LogP contribution is -2.58. The van der Waals surface area contributed by atoms with Crippen LogP contribution in [0.1, 0.15) is 17.7 Å². The fourth-order valence-electron chi connectivity index (χ4n) is 3.40. The van der Waals surface area contributed by atoms with E-state index in [1.54, 1.807) is 11.3 Å². The summed E-state index contributed by atoms with van der Waals surface area (Å²) in [5.41, 5.74) is 0.852. The van der Waals surface area contributed by atoms with Crippen molar-refractivity contribution in [2.45, 2.75) is 31.2 Å². The lowest BCUT2D eigenvalue weighted by molar-refractivity contribution is -0.192. The molecule has 4 heterocycles. The molecule has 2 aliphatic rings. The maximum Gasteiger partial charge on any atom is 0.490 e. The number of likely N-dealkylation sites (tertiary alicyclic amines) is 1. The van der Waals surface area contributed by atoms with Crippen LogP contribution in [-0.4, -0.2) is 59.9 Å². The number of hydrogen-bond acceptors (Lipinski definition) is 6. The number of piperidine rings is 1.